The van der Waals surface area contributed by atoms with E-state index in [1.807, 2.05) is 0 Å². The van der Waals surface area contributed by atoms with Gasteiger partial charge in [0.05, 0.1) is 11.7 Å². The lowest BCUT2D eigenvalue weighted by atomic mass is 9.87. The van der Waals surface area contributed by atoms with Crippen LogP contribution >= 0.6 is 0 Å². The number of nitrogens with zero attached hydrogens (tertiary/aromatic N) is 3. The number of aromatic nitrogens is 2. The summed E-state index contributed by atoms with van der Waals surface area (Å²) in [7, 11) is 0. The van der Waals surface area contributed by atoms with Gasteiger partial charge in [-0.3, -0.25) is 9.58 Å². The molecule has 0 amide bonds. The Labute approximate surface area is 122 Å². The second-order valence-electron chi connectivity index (χ2n) is 6.72. The van der Waals surface area contributed by atoms with Gasteiger partial charge in [-0.1, -0.05) is 19.8 Å². The second-order valence-corrected chi connectivity index (χ2v) is 6.72. The highest BCUT2D eigenvalue weighted by Gasteiger charge is 2.25. The van der Waals surface area contributed by atoms with E-state index in [0.717, 1.165) is 25.6 Å². The Bertz CT molecular complexity index is 422. The number of piperidine rings is 1. The van der Waals surface area contributed by atoms with Crippen LogP contribution in [0.15, 0.2) is 12.3 Å². The van der Waals surface area contributed by atoms with Gasteiger partial charge in [0.1, 0.15) is 0 Å². The van der Waals surface area contributed by atoms with Crippen molar-refractivity contribution in [2.45, 2.75) is 51.6 Å². The molecule has 1 aromatic rings. The van der Waals surface area contributed by atoms with Crippen molar-refractivity contribution >= 4 is 0 Å². The molecule has 2 fully saturated rings. The third kappa shape index (κ3) is 3.07. The van der Waals surface area contributed by atoms with Crippen LogP contribution in [0.1, 0.15) is 50.8 Å². The Kier molecular flexibility index (Phi) is 4.41. The van der Waals surface area contributed by atoms with E-state index in [1.165, 1.54) is 44.3 Å². The summed E-state index contributed by atoms with van der Waals surface area (Å²) < 4.78 is 2.20. The summed E-state index contributed by atoms with van der Waals surface area (Å²) in [4.78, 5) is 2.53. The van der Waals surface area contributed by atoms with Crippen LogP contribution in [0, 0.1) is 11.8 Å². The summed E-state index contributed by atoms with van der Waals surface area (Å²) in [5.74, 6) is 1.42. The maximum Gasteiger partial charge on any atom is 0.0764 e. The SMILES string of the molecule is CC1CCN(Cc2ccn(C3CCCC3)n2)CC1CN. The molecule has 1 aliphatic heterocycles. The third-order valence-corrected chi connectivity index (χ3v) is 5.25. The highest BCUT2D eigenvalue weighted by molar-refractivity contribution is 5.01. The Morgan fingerprint density at radius 2 is 2.10 bits per heavy atom. The lowest BCUT2D eigenvalue weighted by molar-refractivity contribution is 0.124. The first-order valence-corrected chi connectivity index (χ1v) is 8.22. The van der Waals surface area contributed by atoms with Gasteiger partial charge in [0.2, 0.25) is 0 Å². The second kappa shape index (κ2) is 6.27. The van der Waals surface area contributed by atoms with Gasteiger partial charge in [-0.25, -0.2) is 0 Å². The molecule has 112 valence electrons. The molecule has 0 spiro atoms. The van der Waals surface area contributed by atoms with Crippen LogP contribution in [0.25, 0.3) is 0 Å². The molecule has 2 unspecified atom stereocenters. The van der Waals surface area contributed by atoms with E-state index >= 15 is 0 Å². The fourth-order valence-corrected chi connectivity index (χ4v) is 3.74. The normalized spacial score (nSPS) is 29.1. The predicted molar refractivity (Wildman–Crippen MR) is 81.3 cm³/mol. The van der Waals surface area contributed by atoms with Crippen LogP contribution in [0.2, 0.25) is 0 Å². The topological polar surface area (TPSA) is 47.1 Å². The van der Waals surface area contributed by atoms with E-state index in [9.17, 15) is 0 Å². The summed E-state index contributed by atoms with van der Waals surface area (Å²) in [6.45, 7) is 6.46. The average Bonchev–Trinajstić information content (AvgIpc) is 3.11. The summed E-state index contributed by atoms with van der Waals surface area (Å²) >= 11 is 0. The molecule has 4 heteroatoms. The first kappa shape index (κ1) is 14.1. The predicted octanol–water partition coefficient (Wildman–Crippen LogP) is 2.41. The van der Waals surface area contributed by atoms with Gasteiger partial charge in [-0.05, 0) is 50.3 Å². The number of hydrogen-bond donors (Lipinski definition) is 1. The largest absolute Gasteiger partial charge is 0.330 e. The van der Waals surface area contributed by atoms with Crippen molar-refractivity contribution in [2.24, 2.45) is 17.6 Å². The Balaban J connectivity index is 1.57. The highest BCUT2D eigenvalue weighted by Crippen LogP contribution is 2.29. The molecule has 0 aromatic carbocycles. The van der Waals surface area contributed by atoms with Gasteiger partial charge in [0.15, 0.2) is 0 Å². The van der Waals surface area contributed by atoms with Crippen LogP contribution in [-0.2, 0) is 6.54 Å². The fraction of sp³-hybridized carbons (Fsp3) is 0.812. The lowest BCUT2D eigenvalue weighted by Gasteiger charge is -2.36. The fourth-order valence-electron chi connectivity index (χ4n) is 3.74. The maximum absolute atomic E-state index is 5.89. The zero-order chi connectivity index (χ0) is 13.9. The lowest BCUT2D eigenvalue weighted by Crippen LogP contribution is -2.42. The number of likely N-dealkylation sites (tertiary alicyclic amines) is 1. The van der Waals surface area contributed by atoms with Gasteiger partial charge in [0, 0.05) is 19.3 Å². The van der Waals surface area contributed by atoms with E-state index in [-0.39, 0.29) is 0 Å². The van der Waals surface area contributed by atoms with Crippen LogP contribution < -0.4 is 5.73 Å². The first-order valence-electron chi connectivity index (χ1n) is 8.22. The van der Waals surface area contributed by atoms with Crippen LogP contribution in [0.5, 0.6) is 0 Å². The summed E-state index contributed by atoms with van der Waals surface area (Å²) in [5, 5.41) is 4.80. The van der Waals surface area contributed by atoms with Crippen LogP contribution in [0.4, 0.5) is 0 Å². The molecule has 20 heavy (non-hydrogen) atoms. The van der Waals surface area contributed by atoms with E-state index in [1.54, 1.807) is 0 Å². The molecule has 2 N–H and O–H groups in total. The zero-order valence-electron chi connectivity index (χ0n) is 12.7. The smallest absolute Gasteiger partial charge is 0.0764 e. The summed E-state index contributed by atoms with van der Waals surface area (Å²) in [6, 6.07) is 2.86. The molecule has 4 nitrogen and oxygen atoms in total. The van der Waals surface area contributed by atoms with Gasteiger partial charge in [-0.15, -0.1) is 0 Å². The molecule has 3 rings (SSSR count). The molecular weight excluding hydrogens is 248 g/mol. The van der Waals surface area contributed by atoms with Crippen molar-refractivity contribution < 1.29 is 0 Å². The van der Waals surface area contributed by atoms with Gasteiger partial charge < -0.3 is 5.73 Å². The molecular formula is C16H28N4. The van der Waals surface area contributed by atoms with Crippen molar-refractivity contribution in [1.82, 2.24) is 14.7 Å². The molecule has 1 aromatic heterocycles. The number of rotatable bonds is 4. The van der Waals surface area contributed by atoms with E-state index in [0.29, 0.717) is 12.0 Å². The van der Waals surface area contributed by atoms with E-state index in [2.05, 4.69) is 28.8 Å². The molecule has 2 aliphatic rings. The van der Waals surface area contributed by atoms with E-state index in [4.69, 9.17) is 10.8 Å². The Hall–Kier alpha value is -0.870. The monoisotopic (exact) mass is 276 g/mol. The molecule has 1 saturated heterocycles. The summed E-state index contributed by atoms with van der Waals surface area (Å²) in [5.41, 5.74) is 7.11. The zero-order valence-corrected chi connectivity index (χ0v) is 12.7. The van der Waals surface area contributed by atoms with Crippen molar-refractivity contribution in [1.29, 1.82) is 0 Å². The minimum absolute atomic E-state index is 0.653. The van der Waals surface area contributed by atoms with E-state index < -0.39 is 0 Å². The van der Waals surface area contributed by atoms with Crippen LogP contribution in [0.3, 0.4) is 0 Å². The van der Waals surface area contributed by atoms with Crippen LogP contribution in [-0.4, -0.2) is 34.3 Å². The summed E-state index contributed by atoms with van der Waals surface area (Å²) in [6.07, 6.45) is 8.78. The van der Waals surface area contributed by atoms with Crippen molar-refractivity contribution in [2.75, 3.05) is 19.6 Å². The molecule has 1 aliphatic carbocycles. The Morgan fingerprint density at radius 3 is 2.85 bits per heavy atom. The molecule has 2 atom stereocenters. The van der Waals surface area contributed by atoms with Crippen molar-refractivity contribution in [3.05, 3.63) is 18.0 Å². The Morgan fingerprint density at radius 1 is 1.30 bits per heavy atom. The molecule has 0 radical (unpaired) electrons. The minimum Gasteiger partial charge on any atom is -0.330 e. The number of nitrogens with two attached hydrogens (primary N) is 1. The van der Waals surface area contributed by atoms with Gasteiger partial charge >= 0.3 is 0 Å². The highest BCUT2D eigenvalue weighted by atomic mass is 15.3. The van der Waals surface area contributed by atoms with Crippen molar-refractivity contribution in [3.63, 3.8) is 0 Å². The first-order chi connectivity index (χ1) is 9.76. The van der Waals surface area contributed by atoms with Gasteiger partial charge in [0.25, 0.3) is 0 Å². The van der Waals surface area contributed by atoms with Gasteiger partial charge in [-0.2, -0.15) is 5.10 Å². The molecule has 2 heterocycles. The standard InChI is InChI=1S/C16H28N4/c1-13-6-8-19(11-14(13)10-17)12-15-7-9-20(18-15)16-4-2-3-5-16/h7,9,13-14,16H,2-6,8,10-12,17H2,1H3. The quantitative estimate of drug-likeness (QED) is 0.918. The molecule has 0 bridgehead atoms. The van der Waals surface area contributed by atoms with Crippen molar-refractivity contribution in [3.8, 4) is 0 Å². The molecule has 1 saturated carbocycles. The third-order valence-electron chi connectivity index (χ3n) is 5.25. The maximum atomic E-state index is 5.89. The minimum atomic E-state index is 0.653. The average molecular weight is 276 g/mol. The number of hydrogen-bond acceptors (Lipinski definition) is 3.